The molecular weight excluding hydrogens is 365 g/mol. The molecule has 0 bridgehead atoms. The predicted octanol–water partition coefficient (Wildman–Crippen LogP) is 2.49. The van der Waals surface area contributed by atoms with Gasteiger partial charge in [0.1, 0.15) is 5.82 Å². The molecule has 2 aromatic carbocycles. The molecule has 0 atom stereocenters. The summed E-state index contributed by atoms with van der Waals surface area (Å²) < 4.78 is 25.2. The fraction of sp³-hybridized carbons (Fsp3) is 0.150. The number of carbonyl (C=O) groups is 2. The second-order valence-corrected chi connectivity index (χ2v) is 5.77. The third-order valence-electron chi connectivity index (χ3n) is 3.88. The summed E-state index contributed by atoms with van der Waals surface area (Å²) in [6, 6.07) is 15.3. The molecule has 3 aromatic rings. The number of ether oxygens (including phenoxy) is 2. The van der Waals surface area contributed by atoms with Gasteiger partial charge in [-0.2, -0.15) is 5.10 Å². The molecule has 28 heavy (non-hydrogen) atoms. The lowest BCUT2D eigenvalue weighted by Crippen LogP contribution is -2.28. The number of rotatable bonds is 7. The van der Waals surface area contributed by atoms with Crippen LogP contribution in [0.4, 0.5) is 4.39 Å². The molecule has 0 aliphatic carbocycles. The highest BCUT2D eigenvalue weighted by Gasteiger charge is 2.21. The van der Waals surface area contributed by atoms with Crippen LogP contribution in [0.25, 0.3) is 5.69 Å². The first kappa shape index (κ1) is 19.1. The van der Waals surface area contributed by atoms with E-state index in [1.54, 1.807) is 24.4 Å². The van der Waals surface area contributed by atoms with Crippen molar-refractivity contribution in [1.29, 1.82) is 0 Å². The summed E-state index contributed by atoms with van der Waals surface area (Å²) >= 11 is 0. The predicted molar refractivity (Wildman–Crippen MR) is 98.6 cm³/mol. The number of nitrogens with one attached hydrogen (secondary N) is 1. The van der Waals surface area contributed by atoms with Gasteiger partial charge in [0.15, 0.2) is 12.4 Å². The minimum absolute atomic E-state index is 0.00495. The van der Waals surface area contributed by atoms with Crippen molar-refractivity contribution in [3.63, 3.8) is 0 Å². The number of esters is 1. The van der Waals surface area contributed by atoms with Crippen LogP contribution in [0, 0.1) is 5.82 Å². The molecule has 1 heterocycles. The Bertz CT molecular complexity index is 973. The van der Waals surface area contributed by atoms with Crippen LogP contribution in [0.15, 0.2) is 60.8 Å². The van der Waals surface area contributed by atoms with Crippen molar-refractivity contribution >= 4 is 11.9 Å². The maximum atomic E-state index is 13.5. The molecule has 144 valence electrons. The average Bonchev–Trinajstić information content (AvgIpc) is 3.16. The molecule has 0 aliphatic heterocycles. The Kier molecular flexibility index (Phi) is 6.01. The zero-order chi connectivity index (χ0) is 19.9. The van der Waals surface area contributed by atoms with Gasteiger partial charge in [-0.05, 0) is 18.2 Å². The number of para-hydroxylation sites is 1. The summed E-state index contributed by atoms with van der Waals surface area (Å²) in [6.45, 7) is -0.524. The lowest BCUT2D eigenvalue weighted by molar-refractivity contribution is -0.124. The van der Waals surface area contributed by atoms with Crippen molar-refractivity contribution in [2.45, 2.75) is 6.54 Å². The minimum atomic E-state index is -0.799. The largest absolute Gasteiger partial charge is 0.493 e. The molecule has 1 amide bonds. The van der Waals surface area contributed by atoms with E-state index in [1.165, 1.54) is 17.9 Å². The highest BCUT2D eigenvalue weighted by Crippen LogP contribution is 2.20. The van der Waals surface area contributed by atoms with Gasteiger partial charge in [-0.1, -0.05) is 36.4 Å². The van der Waals surface area contributed by atoms with Crippen LogP contribution in [0.5, 0.6) is 5.75 Å². The summed E-state index contributed by atoms with van der Waals surface area (Å²) in [5, 5.41) is 6.66. The van der Waals surface area contributed by atoms with Crippen LogP contribution in [0.1, 0.15) is 16.1 Å². The number of carbonyl (C=O) groups excluding carboxylic acids is 2. The minimum Gasteiger partial charge on any atom is -0.493 e. The maximum absolute atomic E-state index is 13.5. The quantitative estimate of drug-likeness (QED) is 0.634. The van der Waals surface area contributed by atoms with E-state index in [0.29, 0.717) is 5.56 Å². The van der Waals surface area contributed by atoms with Gasteiger partial charge in [-0.15, -0.1) is 0 Å². The summed E-state index contributed by atoms with van der Waals surface area (Å²) in [4.78, 5) is 24.2. The zero-order valence-corrected chi connectivity index (χ0v) is 15.1. The molecule has 3 rings (SSSR count). The van der Waals surface area contributed by atoms with Crippen LogP contribution in [0.2, 0.25) is 0 Å². The Morgan fingerprint density at radius 1 is 1.11 bits per heavy atom. The molecule has 8 heteroatoms. The lowest BCUT2D eigenvalue weighted by atomic mass is 10.2. The SMILES string of the molecule is COc1cn(-c2ccccc2)nc1C(=O)OCC(=O)NCc1ccccc1F. The normalized spacial score (nSPS) is 10.4. The fourth-order valence-electron chi connectivity index (χ4n) is 2.45. The van der Waals surface area contributed by atoms with Gasteiger partial charge in [-0.3, -0.25) is 4.79 Å². The summed E-state index contributed by atoms with van der Waals surface area (Å²) in [5.41, 5.74) is 1.03. The average molecular weight is 383 g/mol. The van der Waals surface area contributed by atoms with Crippen LogP contribution in [0.3, 0.4) is 0 Å². The molecule has 0 saturated heterocycles. The van der Waals surface area contributed by atoms with Crippen molar-refractivity contribution in [3.05, 3.63) is 77.9 Å². The fourth-order valence-corrected chi connectivity index (χ4v) is 2.45. The summed E-state index contributed by atoms with van der Waals surface area (Å²) in [7, 11) is 1.41. The molecule has 0 saturated carbocycles. The molecule has 0 spiro atoms. The van der Waals surface area contributed by atoms with E-state index in [9.17, 15) is 14.0 Å². The second-order valence-electron chi connectivity index (χ2n) is 5.77. The van der Waals surface area contributed by atoms with E-state index in [0.717, 1.165) is 5.69 Å². The number of aromatic nitrogens is 2. The first-order valence-corrected chi connectivity index (χ1v) is 8.45. The highest BCUT2D eigenvalue weighted by molar-refractivity contribution is 5.92. The first-order valence-electron chi connectivity index (χ1n) is 8.45. The number of methoxy groups -OCH3 is 1. The second kappa shape index (κ2) is 8.81. The highest BCUT2D eigenvalue weighted by atomic mass is 19.1. The molecule has 7 nitrogen and oxygen atoms in total. The van der Waals surface area contributed by atoms with E-state index in [4.69, 9.17) is 9.47 Å². The number of hydrogen-bond donors (Lipinski definition) is 1. The van der Waals surface area contributed by atoms with E-state index in [-0.39, 0.29) is 18.0 Å². The van der Waals surface area contributed by atoms with Gasteiger partial charge >= 0.3 is 5.97 Å². The van der Waals surface area contributed by atoms with E-state index >= 15 is 0 Å². The van der Waals surface area contributed by atoms with Crippen molar-refractivity contribution in [1.82, 2.24) is 15.1 Å². The van der Waals surface area contributed by atoms with Crippen molar-refractivity contribution < 1.29 is 23.5 Å². The Morgan fingerprint density at radius 3 is 2.54 bits per heavy atom. The standard InChI is InChI=1S/C20H18FN3O4/c1-27-17-12-24(15-8-3-2-4-9-15)23-19(17)20(26)28-13-18(25)22-11-14-7-5-6-10-16(14)21/h2-10,12H,11,13H2,1H3,(H,22,25). The maximum Gasteiger partial charge on any atom is 0.363 e. The van der Waals surface area contributed by atoms with Crippen LogP contribution < -0.4 is 10.1 Å². The molecule has 0 unspecified atom stereocenters. The van der Waals surface area contributed by atoms with Gasteiger partial charge in [0.2, 0.25) is 5.69 Å². The topological polar surface area (TPSA) is 82.5 Å². The third kappa shape index (κ3) is 4.53. The molecular formula is C20H18FN3O4. The number of hydrogen-bond acceptors (Lipinski definition) is 5. The molecule has 0 radical (unpaired) electrons. The number of nitrogens with zero attached hydrogens (tertiary/aromatic N) is 2. The molecule has 0 fully saturated rings. The summed E-state index contributed by atoms with van der Waals surface area (Å²) in [6.07, 6.45) is 1.55. The van der Waals surface area contributed by atoms with Crippen molar-refractivity contribution in [3.8, 4) is 11.4 Å². The van der Waals surface area contributed by atoms with Gasteiger partial charge < -0.3 is 14.8 Å². The van der Waals surface area contributed by atoms with Crippen LogP contribution in [-0.4, -0.2) is 35.4 Å². The Labute approximate surface area is 160 Å². The van der Waals surface area contributed by atoms with E-state index < -0.39 is 24.3 Å². The van der Waals surface area contributed by atoms with Crippen molar-refractivity contribution in [2.24, 2.45) is 0 Å². The van der Waals surface area contributed by atoms with Gasteiger partial charge in [-0.25, -0.2) is 13.9 Å². The Balaban J connectivity index is 1.59. The molecule has 0 aliphatic rings. The Morgan fingerprint density at radius 2 is 1.82 bits per heavy atom. The van der Waals surface area contributed by atoms with Gasteiger partial charge in [0.25, 0.3) is 5.91 Å². The monoisotopic (exact) mass is 383 g/mol. The van der Waals surface area contributed by atoms with Gasteiger partial charge in [0, 0.05) is 12.1 Å². The number of amides is 1. The Hall–Kier alpha value is -3.68. The number of halogens is 1. The number of benzene rings is 2. The first-order chi connectivity index (χ1) is 13.6. The van der Waals surface area contributed by atoms with Crippen LogP contribution >= 0.6 is 0 Å². The van der Waals surface area contributed by atoms with Crippen molar-refractivity contribution in [2.75, 3.05) is 13.7 Å². The van der Waals surface area contributed by atoms with Crippen LogP contribution in [-0.2, 0) is 16.1 Å². The van der Waals surface area contributed by atoms with Gasteiger partial charge in [0.05, 0.1) is 19.0 Å². The van der Waals surface area contributed by atoms with E-state index in [1.807, 2.05) is 30.3 Å². The van der Waals surface area contributed by atoms with E-state index in [2.05, 4.69) is 10.4 Å². The summed E-state index contributed by atoms with van der Waals surface area (Å²) in [5.74, 6) is -1.55. The zero-order valence-electron chi connectivity index (χ0n) is 15.1. The molecule has 1 aromatic heterocycles. The molecule has 1 N–H and O–H groups in total. The third-order valence-corrected chi connectivity index (χ3v) is 3.88. The lowest BCUT2D eigenvalue weighted by Gasteiger charge is -2.07. The smallest absolute Gasteiger partial charge is 0.363 e.